The lowest BCUT2D eigenvalue weighted by Crippen LogP contribution is -2.44. The lowest BCUT2D eigenvalue weighted by molar-refractivity contribution is -0.384. The zero-order valence-corrected chi connectivity index (χ0v) is 16.9. The van der Waals surface area contributed by atoms with Crippen molar-refractivity contribution in [2.24, 2.45) is 0 Å². The van der Waals surface area contributed by atoms with Gasteiger partial charge in [-0.15, -0.1) is 0 Å². The Morgan fingerprint density at radius 2 is 1.66 bits per heavy atom. The maximum absolute atomic E-state index is 13.2. The number of likely N-dealkylation sites (tertiary alicyclic amines) is 1. The van der Waals surface area contributed by atoms with Gasteiger partial charge < -0.3 is 10.0 Å². The van der Waals surface area contributed by atoms with Crippen LogP contribution in [0.4, 0.5) is 11.4 Å². The number of rotatable bonds is 8. The second-order valence-corrected chi connectivity index (χ2v) is 9.00. The van der Waals surface area contributed by atoms with E-state index in [1.54, 1.807) is 18.2 Å². The van der Waals surface area contributed by atoms with Crippen LogP contribution in [0.15, 0.2) is 59.5 Å². The summed E-state index contributed by atoms with van der Waals surface area (Å²) in [5, 5.41) is 21.6. The summed E-state index contributed by atoms with van der Waals surface area (Å²) >= 11 is 0. The van der Waals surface area contributed by atoms with E-state index < -0.39 is 21.1 Å². The molecule has 0 saturated carbocycles. The molecule has 29 heavy (non-hydrogen) atoms. The number of aliphatic hydroxyl groups is 1. The summed E-state index contributed by atoms with van der Waals surface area (Å²) in [6.07, 6.45) is 2.42. The van der Waals surface area contributed by atoms with Crippen molar-refractivity contribution in [1.29, 1.82) is 0 Å². The molecule has 3 rings (SSSR count). The zero-order chi connectivity index (χ0) is 20.9. The maximum atomic E-state index is 13.2. The fourth-order valence-corrected chi connectivity index (χ4v) is 5.01. The number of β-amino-alcohol motifs (C(OH)–C–C–N with tert-alkyl or cyclic N) is 1. The van der Waals surface area contributed by atoms with Gasteiger partial charge in [0.05, 0.1) is 28.2 Å². The van der Waals surface area contributed by atoms with Gasteiger partial charge >= 0.3 is 0 Å². The summed E-state index contributed by atoms with van der Waals surface area (Å²) in [5.41, 5.74) is 0.150. The number of piperidine rings is 1. The van der Waals surface area contributed by atoms with E-state index in [4.69, 9.17) is 0 Å². The summed E-state index contributed by atoms with van der Waals surface area (Å²) in [6, 6.07) is 13.3. The van der Waals surface area contributed by atoms with Gasteiger partial charge in [0.2, 0.25) is 0 Å². The van der Waals surface area contributed by atoms with Gasteiger partial charge in [-0.05, 0) is 50.2 Å². The first kappa shape index (κ1) is 21.2. The van der Waals surface area contributed by atoms with Crippen molar-refractivity contribution in [3.8, 4) is 0 Å². The standard InChI is InChI=1S/C20H25N3O5S/c24-19(15-21-13-5-2-6-14-21)16-22(17-9-11-18(12-10-17)23(25)26)29(27,28)20-7-3-1-4-8-20/h1,3-4,7-12,19,24H,2,5-6,13-16H2/t19-/m1/s1. The molecule has 1 fully saturated rings. The molecule has 0 bridgehead atoms. The van der Waals surface area contributed by atoms with E-state index in [0.29, 0.717) is 6.54 Å². The highest BCUT2D eigenvalue weighted by Gasteiger charge is 2.28. The molecular weight excluding hydrogens is 394 g/mol. The normalized spacial score (nSPS) is 16.3. The molecule has 8 nitrogen and oxygen atoms in total. The molecule has 0 unspecified atom stereocenters. The molecule has 0 radical (unpaired) electrons. The van der Waals surface area contributed by atoms with Crippen LogP contribution in [0, 0.1) is 10.1 Å². The number of sulfonamides is 1. The molecule has 1 heterocycles. The van der Waals surface area contributed by atoms with E-state index >= 15 is 0 Å². The zero-order valence-electron chi connectivity index (χ0n) is 16.1. The van der Waals surface area contributed by atoms with E-state index in [0.717, 1.165) is 30.2 Å². The molecular formula is C20H25N3O5S. The van der Waals surface area contributed by atoms with Crippen LogP contribution in [0.1, 0.15) is 19.3 Å². The number of nitrogens with zero attached hydrogens (tertiary/aromatic N) is 3. The van der Waals surface area contributed by atoms with Crippen molar-refractivity contribution >= 4 is 21.4 Å². The molecule has 0 amide bonds. The third-order valence-electron chi connectivity index (χ3n) is 4.97. The summed E-state index contributed by atoms with van der Waals surface area (Å²) in [5.74, 6) is 0. The lowest BCUT2D eigenvalue weighted by Gasteiger charge is -2.31. The highest BCUT2D eigenvalue weighted by atomic mass is 32.2. The number of hydrogen-bond acceptors (Lipinski definition) is 6. The predicted molar refractivity (Wildman–Crippen MR) is 110 cm³/mol. The summed E-state index contributed by atoms with van der Waals surface area (Å²) in [7, 11) is -3.94. The van der Waals surface area contributed by atoms with Gasteiger partial charge in [-0.2, -0.15) is 0 Å². The van der Waals surface area contributed by atoms with E-state index in [9.17, 15) is 23.6 Å². The average molecular weight is 420 g/mol. The largest absolute Gasteiger partial charge is 0.390 e. The summed E-state index contributed by atoms with van der Waals surface area (Å²) in [6.45, 7) is 2.03. The summed E-state index contributed by atoms with van der Waals surface area (Å²) in [4.78, 5) is 12.6. The first-order valence-corrected chi connectivity index (χ1v) is 11.0. The van der Waals surface area contributed by atoms with Crippen molar-refractivity contribution in [1.82, 2.24) is 4.90 Å². The topological polar surface area (TPSA) is 104 Å². The number of nitro benzene ring substituents is 1. The van der Waals surface area contributed by atoms with Crippen LogP contribution in [0.5, 0.6) is 0 Å². The highest BCUT2D eigenvalue weighted by molar-refractivity contribution is 7.92. The number of aliphatic hydroxyl groups excluding tert-OH is 1. The number of benzene rings is 2. The highest BCUT2D eigenvalue weighted by Crippen LogP contribution is 2.26. The van der Waals surface area contributed by atoms with Crippen LogP contribution >= 0.6 is 0 Å². The van der Waals surface area contributed by atoms with Crippen LogP contribution < -0.4 is 4.31 Å². The molecule has 1 saturated heterocycles. The molecule has 1 aliphatic rings. The Hall–Kier alpha value is -2.49. The molecule has 2 aromatic rings. The Bertz CT molecular complexity index is 913. The number of anilines is 1. The molecule has 0 aromatic heterocycles. The van der Waals surface area contributed by atoms with E-state index in [-0.39, 0.29) is 22.8 Å². The molecule has 0 aliphatic carbocycles. The second kappa shape index (κ2) is 9.34. The fourth-order valence-electron chi connectivity index (χ4n) is 3.49. The van der Waals surface area contributed by atoms with E-state index in [1.165, 1.54) is 42.8 Å². The molecule has 1 atom stereocenters. The Kier molecular flexibility index (Phi) is 6.83. The van der Waals surface area contributed by atoms with Crippen LogP contribution in [-0.2, 0) is 10.0 Å². The minimum atomic E-state index is -3.94. The van der Waals surface area contributed by atoms with Gasteiger partial charge in [0.1, 0.15) is 0 Å². The predicted octanol–water partition coefficient (Wildman–Crippen LogP) is 2.64. The Morgan fingerprint density at radius 3 is 2.24 bits per heavy atom. The smallest absolute Gasteiger partial charge is 0.269 e. The minimum Gasteiger partial charge on any atom is -0.390 e. The molecule has 156 valence electrons. The third kappa shape index (κ3) is 5.31. The first-order valence-electron chi connectivity index (χ1n) is 9.60. The third-order valence-corrected chi connectivity index (χ3v) is 6.78. The Balaban J connectivity index is 1.87. The van der Waals surface area contributed by atoms with Gasteiger partial charge in [0.15, 0.2) is 0 Å². The number of hydrogen-bond donors (Lipinski definition) is 1. The van der Waals surface area contributed by atoms with Crippen molar-refractivity contribution in [2.75, 3.05) is 30.5 Å². The fraction of sp³-hybridized carbons (Fsp3) is 0.400. The van der Waals surface area contributed by atoms with Crippen LogP contribution in [0.2, 0.25) is 0 Å². The van der Waals surface area contributed by atoms with Gasteiger partial charge in [0, 0.05) is 18.7 Å². The first-order chi connectivity index (χ1) is 13.9. The van der Waals surface area contributed by atoms with E-state index in [2.05, 4.69) is 4.90 Å². The second-order valence-electron chi connectivity index (χ2n) is 7.14. The van der Waals surface area contributed by atoms with E-state index in [1.807, 2.05) is 0 Å². The molecule has 1 N–H and O–H groups in total. The monoisotopic (exact) mass is 419 g/mol. The minimum absolute atomic E-state index is 0.100. The van der Waals surface area contributed by atoms with Crippen molar-refractivity contribution in [3.63, 3.8) is 0 Å². The van der Waals surface area contributed by atoms with Gasteiger partial charge in [-0.1, -0.05) is 24.6 Å². The lowest BCUT2D eigenvalue weighted by atomic mass is 10.1. The van der Waals surface area contributed by atoms with Crippen molar-refractivity contribution in [2.45, 2.75) is 30.3 Å². The van der Waals surface area contributed by atoms with Crippen LogP contribution in [-0.4, -0.2) is 55.6 Å². The molecule has 9 heteroatoms. The maximum Gasteiger partial charge on any atom is 0.269 e. The average Bonchev–Trinajstić information content (AvgIpc) is 2.73. The van der Waals surface area contributed by atoms with Crippen LogP contribution in [0.25, 0.3) is 0 Å². The molecule has 0 spiro atoms. The van der Waals surface area contributed by atoms with Crippen molar-refractivity contribution in [3.05, 3.63) is 64.7 Å². The quantitative estimate of drug-likeness (QED) is 0.521. The van der Waals surface area contributed by atoms with Crippen LogP contribution in [0.3, 0.4) is 0 Å². The van der Waals surface area contributed by atoms with Crippen molar-refractivity contribution < 1.29 is 18.4 Å². The number of nitro groups is 1. The van der Waals surface area contributed by atoms with Gasteiger partial charge in [0.25, 0.3) is 15.7 Å². The van der Waals surface area contributed by atoms with Gasteiger partial charge in [-0.25, -0.2) is 8.42 Å². The summed E-state index contributed by atoms with van der Waals surface area (Å²) < 4.78 is 27.6. The Morgan fingerprint density at radius 1 is 1.03 bits per heavy atom. The van der Waals surface area contributed by atoms with Gasteiger partial charge in [-0.3, -0.25) is 14.4 Å². The molecule has 2 aromatic carbocycles. The SMILES string of the molecule is O=[N+]([O-])c1ccc(N(C[C@H](O)CN2CCCCC2)S(=O)(=O)c2ccccc2)cc1. The Labute approximate surface area is 170 Å². The number of non-ortho nitro benzene ring substituents is 1. The molecule has 1 aliphatic heterocycles.